The van der Waals surface area contributed by atoms with Gasteiger partial charge >= 0.3 is 6.03 Å². The SMILES string of the molecule is CS(=O)(=O)N1CCC(NC(=O)NCC(=O)Nc2ccc(F)c(F)c2F)CC1. The van der Waals surface area contributed by atoms with Gasteiger partial charge in [0, 0.05) is 19.1 Å². The van der Waals surface area contributed by atoms with Gasteiger partial charge in [-0.15, -0.1) is 0 Å². The Morgan fingerprint density at radius 3 is 2.37 bits per heavy atom. The highest BCUT2D eigenvalue weighted by atomic mass is 32.2. The van der Waals surface area contributed by atoms with Crippen molar-refractivity contribution in [3.63, 3.8) is 0 Å². The van der Waals surface area contributed by atoms with E-state index in [0.29, 0.717) is 18.9 Å². The minimum atomic E-state index is -3.27. The summed E-state index contributed by atoms with van der Waals surface area (Å²) in [6, 6.07) is 0.613. The first kappa shape index (κ1) is 21.0. The van der Waals surface area contributed by atoms with Gasteiger partial charge in [-0.1, -0.05) is 0 Å². The zero-order valence-corrected chi connectivity index (χ0v) is 15.2. The molecule has 1 aromatic carbocycles. The van der Waals surface area contributed by atoms with Gasteiger partial charge in [-0.05, 0) is 25.0 Å². The van der Waals surface area contributed by atoms with E-state index in [1.165, 1.54) is 4.31 Å². The summed E-state index contributed by atoms with van der Waals surface area (Å²) in [5.41, 5.74) is -0.547. The molecule has 27 heavy (non-hydrogen) atoms. The third kappa shape index (κ3) is 5.82. The first-order valence-electron chi connectivity index (χ1n) is 8.00. The molecule has 3 N–H and O–H groups in total. The second-order valence-electron chi connectivity index (χ2n) is 6.03. The van der Waals surface area contributed by atoms with Gasteiger partial charge in [0.25, 0.3) is 0 Å². The van der Waals surface area contributed by atoms with Crippen LogP contribution in [-0.4, -0.2) is 56.6 Å². The fourth-order valence-electron chi connectivity index (χ4n) is 2.55. The number of nitrogens with one attached hydrogen (secondary N) is 3. The first-order chi connectivity index (χ1) is 12.6. The number of rotatable bonds is 5. The van der Waals surface area contributed by atoms with Crippen LogP contribution in [0, 0.1) is 17.5 Å². The second kappa shape index (κ2) is 8.57. The van der Waals surface area contributed by atoms with E-state index in [-0.39, 0.29) is 19.1 Å². The lowest BCUT2D eigenvalue weighted by molar-refractivity contribution is -0.115. The van der Waals surface area contributed by atoms with Gasteiger partial charge < -0.3 is 16.0 Å². The van der Waals surface area contributed by atoms with Crippen molar-refractivity contribution in [2.45, 2.75) is 18.9 Å². The Balaban J connectivity index is 1.76. The van der Waals surface area contributed by atoms with Crippen molar-refractivity contribution in [1.29, 1.82) is 0 Å². The molecule has 0 spiro atoms. The molecule has 0 radical (unpaired) electrons. The van der Waals surface area contributed by atoms with Crippen LogP contribution in [0.2, 0.25) is 0 Å². The molecular weight excluding hydrogens is 389 g/mol. The highest BCUT2D eigenvalue weighted by Crippen LogP contribution is 2.19. The van der Waals surface area contributed by atoms with Crippen LogP contribution in [-0.2, 0) is 14.8 Å². The van der Waals surface area contributed by atoms with Gasteiger partial charge in [-0.25, -0.2) is 30.7 Å². The Labute approximate surface area is 154 Å². The number of piperidine rings is 1. The standard InChI is InChI=1S/C15H19F3N4O4S/c1-27(25,26)22-6-4-9(5-7-22)20-15(24)19-8-12(23)21-11-3-2-10(16)13(17)14(11)18/h2-3,9H,4-8H2,1H3,(H,21,23)(H2,19,20,24). The zero-order chi connectivity index (χ0) is 20.2. The molecule has 1 aromatic rings. The quantitative estimate of drug-likeness (QED) is 0.626. The van der Waals surface area contributed by atoms with Crippen molar-refractivity contribution in [3.05, 3.63) is 29.6 Å². The average Bonchev–Trinajstić information content (AvgIpc) is 2.60. The van der Waals surface area contributed by atoms with Crippen LogP contribution in [0.25, 0.3) is 0 Å². The van der Waals surface area contributed by atoms with Crippen LogP contribution in [0.15, 0.2) is 12.1 Å². The van der Waals surface area contributed by atoms with E-state index in [9.17, 15) is 31.2 Å². The third-order valence-corrected chi connectivity index (χ3v) is 5.28. The smallest absolute Gasteiger partial charge is 0.315 e. The first-order valence-corrected chi connectivity index (χ1v) is 9.85. The summed E-state index contributed by atoms with van der Waals surface area (Å²) in [4.78, 5) is 23.5. The average molecular weight is 408 g/mol. The van der Waals surface area contributed by atoms with Crippen molar-refractivity contribution in [3.8, 4) is 0 Å². The fourth-order valence-corrected chi connectivity index (χ4v) is 3.42. The van der Waals surface area contributed by atoms with Crippen LogP contribution in [0.1, 0.15) is 12.8 Å². The van der Waals surface area contributed by atoms with Crippen LogP contribution >= 0.6 is 0 Å². The summed E-state index contributed by atoms with van der Waals surface area (Å²) in [7, 11) is -3.27. The lowest BCUT2D eigenvalue weighted by atomic mass is 10.1. The molecule has 150 valence electrons. The number of sulfonamides is 1. The number of hydrogen-bond acceptors (Lipinski definition) is 4. The molecule has 0 unspecified atom stereocenters. The molecule has 1 aliphatic rings. The molecule has 0 aliphatic carbocycles. The Bertz CT molecular complexity index is 827. The van der Waals surface area contributed by atoms with Crippen molar-refractivity contribution in [1.82, 2.24) is 14.9 Å². The molecule has 0 bridgehead atoms. The largest absolute Gasteiger partial charge is 0.335 e. The van der Waals surface area contributed by atoms with Crippen molar-refractivity contribution in [2.24, 2.45) is 0 Å². The number of carbonyl (C=O) groups excluding carboxylic acids is 2. The summed E-state index contributed by atoms with van der Waals surface area (Å²) >= 11 is 0. The monoisotopic (exact) mass is 408 g/mol. The van der Waals surface area contributed by atoms with E-state index in [0.717, 1.165) is 12.3 Å². The van der Waals surface area contributed by atoms with Gasteiger partial charge in [0.15, 0.2) is 17.5 Å². The maximum Gasteiger partial charge on any atom is 0.315 e. The van der Waals surface area contributed by atoms with E-state index in [2.05, 4.69) is 10.6 Å². The molecule has 0 atom stereocenters. The fraction of sp³-hybridized carbons (Fsp3) is 0.467. The number of urea groups is 1. The summed E-state index contributed by atoms with van der Waals surface area (Å²) in [5, 5.41) is 6.88. The number of benzene rings is 1. The normalized spacial score (nSPS) is 16.0. The summed E-state index contributed by atoms with van der Waals surface area (Å²) < 4.78 is 63.5. The number of anilines is 1. The third-order valence-electron chi connectivity index (χ3n) is 3.98. The van der Waals surface area contributed by atoms with E-state index in [1.807, 2.05) is 5.32 Å². The van der Waals surface area contributed by atoms with Gasteiger partial charge in [0.05, 0.1) is 18.5 Å². The van der Waals surface area contributed by atoms with Gasteiger partial charge in [0.2, 0.25) is 15.9 Å². The maximum absolute atomic E-state index is 13.5. The molecule has 0 aromatic heterocycles. The molecule has 12 heteroatoms. The van der Waals surface area contributed by atoms with Gasteiger partial charge in [-0.2, -0.15) is 0 Å². The Morgan fingerprint density at radius 2 is 1.78 bits per heavy atom. The second-order valence-corrected chi connectivity index (χ2v) is 8.02. The molecule has 1 heterocycles. The predicted molar refractivity (Wildman–Crippen MR) is 90.9 cm³/mol. The number of carbonyl (C=O) groups is 2. The van der Waals surface area contributed by atoms with Crippen LogP contribution < -0.4 is 16.0 Å². The molecule has 3 amide bonds. The molecular formula is C15H19F3N4O4S. The highest BCUT2D eigenvalue weighted by Gasteiger charge is 2.25. The van der Waals surface area contributed by atoms with Gasteiger partial charge in [0.1, 0.15) is 0 Å². The number of nitrogens with zero attached hydrogens (tertiary/aromatic N) is 1. The van der Waals surface area contributed by atoms with Crippen molar-refractivity contribution >= 4 is 27.6 Å². The predicted octanol–water partition coefficient (Wildman–Crippen LogP) is 0.766. The molecule has 1 aliphatic heterocycles. The summed E-state index contributed by atoms with van der Waals surface area (Å²) in [5.74, 6) is -5.46. The minimum absolute atomic E-state index is 0.255. The van der Waals surface area contributed by atoms with Crippen molar-refractivity contribution in [2.75, 3.05) is 31.2 Å². The molecule has 8 nitrogen and oxygen atoms in total. The number of halogens is 3. The highest BCUT2D eigenvalue weighted by molar-refractivity contribution is 7.88. The Morgan fingerprint density at radius 1 is 1.15 bits per heavy atom. The summed E-state index contributed by atoms with van der Waals surface area (Å²) in [6.07, 6.45) is 1.96. The molecule has 1 saturated heterocycles. The Kier molecular flexibility index (Phi) is 6.65. The van der Waals surface area contributed by atoms with Crippen LogP contribution in [0.4, 0.5) is 23.7 Å². The molecule has 0 saturated carbocycles. The topological polar surface area (TPSA) is 108 Å². The van der Waals surface area contributed by atoms with Crippen molar-refractivity contribution < 1.29 is 31.2 Å². The molecule has 1 fully saturated rings. The van der Waals surface area contributed by atoms with E-state index in [1.54, 1.807) is 0 Å². The lowest BCUT2D eigenvalue weighted by Gasteiger charge is -2.30. The lowest BCUT2D eigenvalue weighted by Crippen LogP contribution is -2.49. The minimum Gasteiger partial charge on any atom is -0.335 e. The van der Waals surface area contributed by atoms with E-state index in [4.69, 9.17) is 0 Å². The van der Waals surface area contributed by atoms with Gasteiger partial charge in [-0.3, -0.25) is 4.79 Å². The maximum atomic E-state index is 13.5. The Hall–Kier alpha value is -2.34. The zero-order valence-electron chi connectivity index (χ0n) is 14.4. The van der Waals surface area contributed by atoms with Crippen LogP contribution in [0.3, 0.4) is 0 Å². The summed E-state index contributed by atoms with van der Waals surface area (Å²) in [6.45, 7) is 0.0335. The van der Waals surface area contributed by atoms with E-state index >= 15 is 0 Å². The van der Waals surface area contributed by atoms with E-state index < -0.39 is 51.6 Å². The number of amides is 3. The molecule has 2 rings (SSSR count). The number of hydrogen-bond donors (Lipinski definition) is 3. The van der Waals surface area contributed by atoms with Crippen LogP contribution in [0.5, 0.6) is 0 Å².